The average molecular weight is 324 g/mol. The predicted octanol–water partition coefficient (Wildman–Crippen LogP) is 5.20. The van der Waals surface area contributed by atoms with E-state index in [1.807, 2.05) is 32.0 Å². The van der Waals surface area contributed by atoms with Crippen molar-refractivity contribution in [1.82, 2.24) is 5.32 Å². The van der Waals surface area contributed by atoms with E-state index >= 15 is 0 Å². The van der Waals surface area contributed by atoms with Crippen LogP contribution >= 0.6 is 22.9 Å². The highest BCUT2D eigenvalue weighted by Gasteiger charge is 2.22. The number of thiophene rings is 1. The summed E-state index contributed by atoms with van der Waals surface area (Å²) in [5.74, 6) is 0.927. The summed E-state index contributed by atoms with van der Waals surface area (Å²) in [6.07, 6.45) is 1.08. The second kappa shape index (κ2) is 7.83. The van der Waals surface area contributed by atoms with Gasteiger partial charge in [0.05, 0.1) is 17.7 Å². The molecule has 1 aromatic carbocycles. The van der Waals surface area contributed by atoms with Gasteiger partial charge in [-0.05, 0) is 43.8 Å². The van der Waals surface area contributed by atoms with Crippen LogP contribution in [0.2, 0.25) is 5.02 Å². The van der Waals surface area contributed by atoms with Crippen molar-refractivity contribution in [3.63, 3.8) is 0 Å². The Balaban J connectivity index is 2.43. The molecule has 0 aliphatic heterocycles. The van der Waals surface area contributed by atoms with Gasteiger partial charge < -0.3 is 10.1 Å². The van der Waals surface area contributed by atoms with E-state index in [0.29, 0.717) is 6.61 Å². The minimum absolute atomic E-state index is 0.0823. The van der Waals surface area contributed by atoms with Crippen molar-refractivity contribution in [2.24, 2.45) is 0 Å². The molecule has 1 N–H and O–H groups in total. The number of nitrogens with one attached hydrogen (secondary N) is 1. The summed E-state index contributed by atoms with van der Waals surface area (Å²) in [7, 11) is 0. The SMILES string of the molecule is CCCNC(c1ccccc1OCC)c1scc(C)c1Cl. The minimum atomic E-state index is 0.0823. The maximum Gasteiger partial charge on any atom is 0.124 e. The lowest BCUT2D eigenvalue weighted by Crippen LogP contribution is -2.23. The molecule has 114 valence electrons. The summed E-state index contributed by atoms with van der Waals surface area (Å²) in [5, 5.41) is 6.57. The van der Waals surface area contributed by atoms with Crippen molar-refractivity contribution in [3.8, 4) is 5.75 Å². The van der Waals surface area contributed by atoms with E-state index in [-0.39, 0.29) is 6.04 Å². The molecule has 1 unspecified atom stereocenters. The van der Waals surface area contributed by atoms with Crippen LogP contribution in [0.4, 0.5) is 0 Å². The number of benzene rings is 1. The van der Waals surface area contributed by atoms with E-state index < -0.39 is 0 Å². The van der Waals surface area contributed by atoms with Gasteiger partial charge in [-0.3, -0.25) is 0 Å². The first-order chi connectivity index (χ1) is 10.2. The zero-order valence-corrected chi connectivity index (χ0v) is 14.4. The van der Waals surface area contributed by atoms with Gasteiger partial charge in [-0.25, -0.2) is 0 Å². The Morgan fingerprint density at radius 3 is 2.67 bits per heavy atom. The van der Waals surface area contributed by atoms with Gasteiger partial charge in [-0.15, -0.1) is 11.3 Å². The molecular weight excluding hydrogens is 302 g/mol. The Bertz CT molecular complexity index is 582. The molecule has 1 heterocycles. The number of hydrogen-bond donors (Lipinski definition) is 1. The second-order valence-electron chi connectivity index (χ2n) is 4.95. The molecule has 4 heteroatoms. The van der Waals surface area contributed by atoms with Gasteiger partial charge in [0.2, 0.25) is 0 Å². The van der Waals surface area contributed by atoms with Crippen LogP contribution in [-0.2, 0) is 0 Å². The first-order valence-corrected chi connectivity index (χ1v) is 8.63. The van der Waals surface area contributed by atoms with Crippen LogP contribution in [-0.4, -0.2) is 13.2 Å². The highest BCUT2D eigenvalue weighted by Crippen LogP contribution is 2.38. The number of halogens is 1. The maximum absolute atomic E-state index is 6.49. The molecular formula is C17H22ClNOS. The number of para-hydroxylation sites is 1. The van der Waals surface area contributed by atoms with Crippen molar-refractivity contribution >= 4 is 22.9 Å². The molecule has 2 aromatic rings. The first-order valence-electron chi connectivity index (χ1n) is 7.37. The second-order valence-corrected chi connectivity index (χ2v) is 6.24. The van der Waals surface area contributed by atoms with Crippen LogP contribution in [0.3, 0.4) is 0 Å². The molecule has 0 saturated carbocycles. The summed E-state index contributed by atoms with van der Waals surface area (Å²) in [6, 6.07) is 8.27. The molecule has 0 fully saturated rings. The Morgan fingerprint density at radius 2 is 2.05 bits per heavy atom. The van der Waals surface area contributed by atoms with Gasteiger partial charge in [0.1, 0.15) is 5.75 Å². The molecule has 21 heavy (non-hydrogen) atoms. The largest absolute Gasteiger partial charge is 0.494 e. The maximum atomic E-state index is 6.49. The van der Waals surface area contributed by atoms with Crippen molar-refractivity contribution in [2.75, 3.05) is 13.2 Å². The van der Waals surface area contributed by atoms with Gasteiger partial charge in [-0.1, -0.05) is 36.7 Å². The van der Waals surface area contributed by atoms with Gasteiger partial charge in [0.25, 0.3) is 0 Å². The molecule has 0 spiro atoms. The van der Waals surface area contributed by atoms with Gasteiger partial charge in [-0.2, -0.15) is 0 Å². The monoisotopic (exact) mass is 323 g/mol. The summed E-state index contributed by atoms with van der Waals surface area (Å²) < 4.78 is 5.79. The Kier molecular flexibility index (Phi) is 6.09. The quantitative estimate of drug-likeness (QED) is 0.756. The molecule has 2 rings (SSSR count). The van der Waals surface area contributed by atoms with Crippen molar-refractivity contribution in [3.05, 3.63) is 50.7 Å². The first kappa shape index (κ1) is 16.3. The highest BCUT2D eigenvalue weighted by molar-refractivity contribution is 7.10. The fourth-order valence-electron chi connectivity index (χ4n) is 2.28. The van der Waals surface area contributed by atoms with E-state index in [0.717, 1.165) is 39.7 Å². The zero-order chi connectivity index (χ0) is 15.2. The highest BCUT2D eigenvalue weighted by atomic mass is 35.5. The summed E-state index contributed by atoms with van der Waals surface area (Å²) >= 11 is 8.20. The van der Waals surface area contributed by atoms with Crippen LogP contribution < -0.4 is 10.1 Å². The Labute approximate surface area is 136 Å². The van der Waals surface area contributed by atoms with Crippen molar-refractivity contribution < 1.29 is 4.74 Å². The van der Waals surface area contributed by atoms with Gasteiger partial charge >= 0.3 is 0 Å². The zero-order valence-electron chi connectivity index (χ0n) is 12.8. The number of hydrogen-bond acceptors (Lipinski definition) is 3. The normalized spacial score (nSPS) is 12.4. The van der Waals surface area contributed by atoms with Crippen molar-refractivity contribution in [2.45, 2.75) is 33.2 Å². The number of aryl methyl sites for hydroxylation is 1. The van der Waals surface area contributed by atoms with E-state index in [4.69, 9.17) is 16.3 Å². The summed E-state index contributed by atoms with van der Waals surface area (Å²) in [5.41, 5.74) is 2.28. The molecule has 0 bridgehead atoms. The number of ether oxygens (including phenoxy) is 1. The van der Waals surface area contributed by atoms with E-state index in [2.05, 4.69) is 23.7 Å². The van der Waals surface area contributed by atoms with E-state index in [1.54, 1.807) is 11.3 Å². The van der Waals surface area contributed by atoms with Crippen LogP contribution in [0.15, 0.2) is 29.6 Å². The van der Waals surface area contributed by atoms with Crippen LogP contribution in [0.1, 0.15) is 42.3 Å². The lowest BCUT2D eigenvalue weighted by atomic mass is 10.0. The smallest absolute Gasteiger partial charge is 0.124 e. The van der Waals surface area contributed by atoms with E-state index in [1.165, 1.54) is 0 Å². The minimum Gasteiger partial charge on any atom is -0.494 e. The summed E-state index contributed by atoms with van der Waals surface area (Å²) in [4.78, 5) is 1.16. The average Bonchev–Trinajstić information content (AvgIpc) is 2.82. The molecule has 0 aliphatic rings. The fourth-order valence-corrected chi connectivity index (χ4v) is 3.68. The van der Waals surface area contributed by atoms with Crippen molar-refractivity contribution in [1.29, 1.82) is 0 Å². The third-order valence-electron chi connectivity index (χ3n) is 3.32. The molecule has 1 atom stereocenters. The Hall–Kier alpha value is -1.03. The van der Waals surface area contributed by atoms with Gasteiger partial charge in [0, 0.05) is 10.4 Å². The molecule has 0 aliphatic carbocycles. The topological polar surface area (TPSA) is 21.3 Å². The Morgan fingerprint density at radius 1 is 1.29 bits per heavy atom. The van der Waals surface area contributed by atoms with E-state index in [9.17, 15) is 0 Å². The lowest BCUT2D eigenvalue weighted by Gasteiger charge is -2.21. The fraction of sp³-hybridized carbons (Fsp3) is 0.412. The molecule has 2 nitrogen and oxygen atoms in total. The molecule has 1 aromatic heterocycles. The predicted molar refractivity (Wildman–Crippen MR) is 91.8 cm³/mol. The molecule has 0 saturated heterocycles. The van der Waals surface area contributed by atoms with Crippen LogP contribution in [0.25, 0.3) is 0 Å². The third-order valence-corrected chi connectivity index (χ3v) is 5.09. The lowest BCUT2D eigenvalue weighted by molar-refractivity contribution is 0.333. The third kappa shape index (κ3) is 3.79. The van der Waals surface area contributed by atoms with Crippen LogP contribution in [0, 0.1) is 6.92 Å². The number of rotatable bonds is 7. The molecule has 0 amide bonds. The summed E-state index contributed by atoms with van der Waals surface area (Å²) in [6.45, 7) is 7.83. The van der Waals surface area contributed by atoms with Gasteiger partial charge in [0.15, 0.2) is 0 Å². The van der Waals surface area contributed by atoms with Crippen LogP contribution in [0.5, 0.6) is 5.75 Å². The molecule has 0 radical (unpaired) electrons. The standard InChI is InChI=1S/C17H22ClNOS/c1-4-10-19-16(17-15(18)12(3)11-21-17)13-8-6-7-9-14(13)20-5-2/h6-9,11,16,19H,4-5,10H2,1-3H3.